The molecule has 3 aromatic rings. The van der Waals surface area contributed by atoms with E-state index in [0.29, 0.717) is 18.1 Å². The second-order valence-electron chi connectivity index (χ2n) is 4.39. The largest absolute Gasteiger partial charge is 0.424 e. The molecule has 2 aromatic carbocycles. The van der Waals surface area contributed by atoms with Gasteiger partial charge >= 0.3 is 0 Å². The summed E-state index contributed by atoms with van der Waals surface area (Å²) in [4.78, 5) is 4.47. The van der Waals surface area contributed by atoms with Crippen LogP contribution in [0.2, 0.25) is 0 Å². The summed E-state index contributed by atoms with van der Waals surface area (Å²) in [5, 5.41) is 2.96. The fraction of sp³-hybridized carbons (Fsp3) is 0.133. The molecule has 0 saturated carbocycles. The Bertz CT molecular complexity index is 755. The molecule has 1 heterocycles. The lowest BCUT2D eigenvalue weighted by molar-refractivity contribution is 0.595. The number of hydrogen-bond donors (Lipinski definition) is 1. The predicted molar refractivity (Wildman–Crippen MR) is 80.2 cm³/mol. The molecule has 1 N–H and O–H groups in total. The Morgan fingerprint density at radius 2 is 1.90 bits per heavy atom. The molecular weight excluding hydrogens is 291 g/mol. The lowest BCUT2D eigenvalue weighted by atomic mass is 10.3. The number of para-hydroxylation sites is 2. The highest BCUT2D eigenvalue weighted by Gasteiger charge is 2.10. The van der Waals surface area contributed by atoms with Gasteiger partial charge in [0.1, 0.15) is 11.3 Å². The van der Waals surface area contributed by atoms with Gasteiger partial charge in [-0.25, -0.2) is 4.39 Å². The van der Waals surface area contributed by atoms with Gasteiger partial charge in [0.15, 0.2) is 5.58 Å². The molecule has 1 atom stereocenters. The van der Waals surface area contributed by atoms with Crippen LogP contribution in [0.15, 0.2) is 57.8 Å². The zero-order valence-electron chi connectivity index (χ0n) is 11.1. The molecule has 4 nitrogen and oxygen atoms in total. The number of nitrogens with one attached hydrogen (secondary N) is 1. The Morgan fingerprint density at radius 1 is 1.14 bits per heavy atom. The Balaban J connectivity index is 1.61. The summed E-state index contributed by atoms with van der Waals surface area (Å²) in [6.45, 7) is 0.383. The second-order valence-corrected chi connectivity index (χ2v) is 5.93. The van der Waals surface area contributed by atoms with Gasteiger partial charge in [-0.15, -0.1) is 0 Å². The maximum absolute atomic E-state index is 13.5. The van der Waals surface area contributed by atoms with Crippen molar-refractivity contribution in [2.75, 3.05) is 17.6 Å². The summed E-state index contributed by atoms with van der Waals surface area (Å²) in [6.07, 6.45) is 0. The lowest BCUT2D eigenvalue weighted by Gasteiger charge is -2.03. The van der Waals surface area contributed by atoms with Gasteiger partial charge in [0.25, 0.3) is 6.01 Å². The number of anilines is 1. The minimum atomic E-state index is -1.39. The number of halogens is 1. The van der Waals surface area contributed by atoms with E-state index in [4.69, 9.17) is 4.42 Å². The Kier molecular flexibility index (Phi) is 3.96. The van der Waals surface area contributed by atoms with Crippen LogP contribution in [0.5, 0.6) is 0 Å². The molecule has 0 radical (unpaired) electrons. The number of benzene rings is 2. The topological polar surface area (TPSA) is 55.1 Å². The van der Waals surface area contributed by atoms with E-state index in [9.17, 15) is 8.60 Å². The van der Waals surface area contributed by atoms with Crippen LogP contribution in [0.25, 0.3) is 11.1 Å². The minimum absolute atomic E-state index is 0.219. The first-order chi connectivity index (χ1) is 10.2. The summed E-state index contributed by atoms with van der Waals surface area (Å²) in [5.41, 5.74) is 1.45. The highest BCUT2D eigenvalue weighted by atomic mass is 32.2. The summed E-state index contributed by atoms with van der Waals surface area (Å²) in [5.74, 6) is -0.169. The summed E-state index contributed by atoms with van der Waals surface area (Å²) >= 11 is 0. The van der Waals surface area contributed by atoms with E-state index < -0.39 is 16.6 Å². The quantitative estimate of drug-likeness (QED) is 0.786. The first-order valence-corrected chi connectivity index (χ1v) is 7.78. The third-order valence-corrected chi connectivity index (χ3v) is 4.34. The molecule has 0 spiro atoms. The number of oxazole rings is 1. The van der Waals surface area contributed by atoms with Crippen LogP contribution in [0.3, 0.4) is 0 Å². The Morgan fingerprint density at radius 3 is 2.71 bits per heavy atom. The molecule has 1 aromatic heterocycles. The van der Waals surface area contributed by atoms with Crippen molar-refractivity contribution in [3.8, 4) is 0 Å². The van der Waals surface area contributed by atoms with Crippen LogP contribution < -0.4 is 5.32 Å². The number of rotatable bonds is 5. The first-order valence-electron chi connectivity index (χ1n) is 6.46. The smallest absolute Gasteiger partial charge is 0.295 e. The van der Waals surface area contributed by atoms with E-state index in [2.05, 4.69) is 10.3 Å². The number of hydrogen-bond acceptors (Lipinski definition) is 4. The number of aromatic nitrogens is 1. The lowest BCUT2D eigenvalue weighted by Crippen LogP contribution is -2.12. The van der Waals surface area contributed by atoms with Crippen LogP contribution in [-0.4, -0.2) is 21.5 Å². The van der Waals surface area contributed by atoms with Crippen molar-refractivity contribution in [1.29, 1.82) is 0 Å². The molecule has 3 rings (SSSR count). The molecule has 0 amide bonds. The normalized spacial score (nSPS) is 12.4. The molecule has 108 valence electrons. The van der Waals surface area contributed by atoms with Crippen molar-refractivity contribution in [2.24, 2.45) is 0 Å². The maximum Gasteiger partial charge on any atom is 0.295 e. The standard InChI is InChI=1S/C15H13FN2O2S/c16-11-5-1-4-8-14(11)21(19)10-9-17-15-18-12-6-2-3-7-13(12)20-15/h1-8H,9-10H2,(H,17,18)/t21-/m1/s1. The van der Waals surface area contributed by atoms with Crippen molar-refractivity contribution < 1.29 is 13.0 Å². The summed E-state index contributed by atoms with van der Waals surface area (Å²) in [6, 6.07) is 13.9. The highest BCUT2D eigenvalue weighted by molar-refractivity contribution is 7.85. The van der Waals surface area contributed by atoms with Crippen LogP contribution in [-0.2, 0) is 10.8 Å². The predicted octanol–water partition coefficient (Wildman–Crippen LogP) is 3.19. The second kappa shape index (κ2) is 6.05. The van der Waals surface area contributed by atoms with Gasteiger partial charge in [-0.2, -0.15) is 4.98 Å². The summed E-state index contributed by atoms with van der Waals surface area (Å²) < 4.78 is 31.0. The van der Waals surface area contributed by atoms with E-state index in [1.165, 1.54) is 12.1 Å². The maximum atomic E-state index is 13.5. The van der Waals surface area contributed by atoms with Crippen LogP contribution in [0, 0.1) is 5.82 Å². The fourth-order valence-corrected chi connectivity index (χ4v) is 2.96. The zero-order chi connectivity index (χ0) is 14.7. The molecular formula is C15H13FN2O2S. The molecule has 6 heteroatoms. The van der Waals surface area contributed by atoms with Crippen molar-refractivity contribution >= 4 is 27.9 Å². The van der Waals surface area contributed by atoms with Crippen molar-refractivity contribution in [3.05, 3.63) is 54.3 Å². The third-order valence-electron chi connectivity index (χ3n) is 2.94. The van der Waals surface area contributed by atoms with Crippen molar-refractivity contribution in [2.45, 2.75) is 4.90 Å². The molecule has 0 aliphatic heterocycles. The Labute approximate surface area is 123 Å². The average molecular weight is 304 g/mol. The minimum Gasteiger partial charge on any atom is -0.424 e. The van der Waals surface area contributed by atoms with Gasteiger partial charge in [-0.3, -0.25) is 4.21 Å². The first kappa shape index (κ1) is 13.8. The van der Waals surface area contributed by atoms with Crippen molar-refractivity contribution in [3.63, 3.8) is 0 Å². The van der Waals surface area contributed by atoms with Crippen LogP contribution >= 0.6 is 0 Å². The highest BCUT2D eigenvalue weighted by Crippen LogP contribution is 2.18. The van der Waals surface area contributed by atoms with Gasteiger partial charge < -0.3 is 9.73 Å². The van der Waals surface area contributed by atoms with Crippen molar-refractivity contribution in [1.82, 2.24) is 4.98 Å². The van der Waals surface area contributed by atoms with E-state index in [0.717, 1.165) is 5.52 Å². The SMILES string of the molecule is O=[S@](CCNc1nc2ccccc2o1)c1ccccc1F. The van der Waals surface area contributed by atoms with E-state index in [1.807, 2.05) is 24.3 Å². The molecule has 0 aliphatic rings. The van der Waals surface area contributed by atoms with Gasteiger partial charge in [0, 0.05) is 12.3 Å². The fourth-order valence-electron chi connectivity index (χ4n) is 1.94. The number of fused-ring (bicyclic) bond motifs is 1. The Hall–Kier alpha value is -2.21. The summed E-state index contributed by atoms with van der Waals surface area (Å²) in [7, 11) is -1.39. The van der Waals surface area contributed by atoms with Gasteiger partial charge in [0.2, 0.25) is 0 Å². The molecule has 21 heavy (non-hydrogen) atoms. The third kappa shape index (κ3) is 3.11. The molecule has 0 bridgehead atoms. The van der Waals surface area contributed by atoms with E-state index in [1.54, 1.807) is 12.1 Å². The number of nitrogens with zero attached hydrogens (tertiary/aromatic N) is 1. The average Bonchev–Trinajstić information content (AvgIpc) is 2.90. The van der Waals surface area contributed by atoms with Gasteiger partial charge in [-0.05, 0) is 24.3 Å². The van der Waals surface area contributed by atoms with Crippen LogP contribution in [0.1, 0.15) is 0 Å². The van der Waals surface area contributed by atoms with E-state index in [-0.39, 0.29) is 10.6 Å². The zero-order valence-corrected chi connectivity index (χ0v) is 11.9. The van der Waals surface area contributed by atoms with Gasteiger partial charge in [0.05, 0.1) is 15.7 Å². The molecule has 0 fully saturated rings. The monoisotopic (exact) mass is 304 g/mol. The van der Waals surface area contributed by atoms with Gasteiger partial charge in [-0.1, -0.05) is 24.3 Å². The molecule has 0 unspecified atom stereocenters. The molecule has 0 aliphatic carbocycles. The van der Waals surface area contributed by atoms with E-state index >= 15 is 0 Å². The molecule has 0 saturated heterocycles. The van der Waals surface area contributed by atoms with Crippen LogP contribution in [0.4, 0.5) is 10.4 Å².